The van der Waals surface area contributed by atoms with Crippen molar-refractivity contribution in [3.63, 3.8) is 0 Å². The topological polar surface area (TPSA) is 34.1 Å². The van der Waals surface area contributed by atoms with Crippen LogP contribution < -0.4 is 51.4 Å². The molecule has 182 valence electrons. The van der Waals surface area contributed by atoms with E-state index < -0.39 is 17.7 Å². The van der Waals surface area contributed by atoms with Crippen molar-refractivity contribution in [1.82, 2.24) is 0 Å². The van der Waals surface area contributed by atoms with Gasteiger partial charge in [-0.3, -0.25) is 0 Å². The molecule has 0 heterocycles. The molecule has 0 unspecified atom stereocenters. The minimum absolute atomic E-state index is 0. The number of allylic oxidation sites excluding steroid dienone is 1. The monoisotopic (exact) mass is 499 g/mol. The zero-order valence-electron chi connectivity index (χ0n) is 20.6. The van der Waals surface area contributed by atoms with Gasteiger partial charge in [0, 0.05) is 0 Å². The molecule has 2 aromatic rings. The van der Waals surface area contributed by atoms with Gasteiger partial charge in [-0.25, -0.2) is 8.78 Å². The fraction of sp³-hybridized carbons (Fsp3) is 0.320. The SMILES string of the molecule is C=C(C)C.C=O.C=O.CC(C)(F)F.FC(F)(F)c1c[c-]ccc1.[CH2-]c1ccc(C)cc1C.[K+]. The molecule has 0 amide bonds. The Labute approximate surface area is 238 Å². The van der Waals surface area contributed by atoms with Crippen LogP contribution in [0.5, 0.6) is 0 Å². The van der Waals surface area contributed by atoms with Crippen molar-refractivity contribution in [3.05, 3.63) is 89.9 Å². The van der Waals surface area contributed by atoms with E-state index in [9.17, 15) is 22.0 Å². The molecular weight excluding hydrogens is 466 g/mol. The van der Waals surface area contributed by atoms with Crippen LogP contribution in [0.2, 0.25) is 0 Å². The van der Waals surface area contributed by atoms with Crippen molar-refractivity contribution in [1.29, 1.82) is 0 Å². The fourth-order valence-corrected chi connectivity index (χ4v) is 1.42. The van der Waals surface area contributed by atoms with Crippen LogP contribution in [0.15, 0.2) is 54.6 Å². The molecule has 0 atom stereocenters. The Bertz CT molecular complexity index is 716. The smallest absolute Gasteiger partial charge is 0.307 e. The third-order valence-corrected chi connectivity index (χ3v) is 2.53. The second-order valence-electron chi connectivity index (χ2n) is 6.75. The van der Waals surface area contributed by atoms with E-state index >= 15 is 0 Å². The van der Waals surface area contributed by atoms with Crippen molar-refractivity contribution in [3.8, 4) is 0 Å². The van der Waals surface area contributed by atoms with Gasteiger partial charge >= 0.3 is 57.6 Å². The predicted octanol–water partition coefficient (Wildman–Crippen LogP) is 4.87. The molecule has 2 rings (SSSR count). The Kier molecular flexibility index (Phi) is 30.2. The molecule has 0 fully saturated rings. The normalized spacial score (nSPS) is 8.94. The summed E-state index contributed by atoms with van der Waals surface area (Å²) >= 11 is 0. The second kappa shape index (κ2) is 23.8. The maximum Gasteiger partial charge on any atom is 1.00 e. The van der Waals surface area contributed by atoms with Crippen LogP contribution in [-0.4, -0.2) is 19.5 Å². The molecule has 0 aliphatic carbocycles. The van der Waals surface area contributed by atoms with Crippen LogP contribution in [-0.2, 0) is 15.8 Å². The first-order valence-corrected chi connectivity index (χ1v) is 9.04. The molecule has 0 saturated carbocycles. The van der Waals surface area contributed by atoms with E-state index in [1.165, 1.54) is 28.8 Å². The average molecular weight is 500 g/mol. The molecule has 0 radical (unpaired) electrons. The molecule has 0 saturated heterocycles. The summed E-state index contributed by atoms with van der Waals surface area (Å²) in [6.45, 7) is 21.2. The van der Waals surface area contributed by atoms with E-state index in [1.54, 1.807) is 0 Å². The van der Waals surface area contributed by atoms with E-state index in [0.29, 0.717) is 0 Å². The number of carbonyl (C=O) groups excluding carboxylic acids is 2. The predicted molar refractivity (Wildman–Crippen MR) is 122 cm³/mol. The molecule has 0 aliphatic heterocycles. The third kappa shape index (κ3) is 38.3. The van der Waals surface area contributed by atoms with Gasteiger partial charge in [0.05, 0.1) is 0 Å². The third-order valence-electron chi connectivity index (χ3n) is 2.53. The summed E-state index contributed by atoms with van der Waals surface area (Å²) in [7, 11) is 0. The average Bonchev–Trinajstić information content (AvgIpc) is 2.67. The molecule has 8 heteroatoms. The summed E-state index contributed by atoms with van der Waals surface area (Å²) in [6.07, 6.45) is -4.24. The molecule has 0 spiro atoms. The van der Waals surface area contributed by atoms with E-state index in [2.05, 4.69) is 45.5 Å². The number of halogens is 5. The van der Waals surface area contributed by atoms with Gasteiger partial charge in [0.25, 0.3) is 0 Å². The fourth-order valence-electron chi connectivity index (χ4n) is 1.42. The maximum atomic E-state index is 11.8. The van der Waals surface area contributed by atoms with E-state index in [-0.39, 0.29) is 51.4 Å². The van der Waals surface area contributed by atoms with Gasteiger partial charge in [-0.15, -0.1) is 18.7 Å². The van der Waals surface area contributed by atoms with Gasteiger partial charge in [0.15, 0.2) is 0 Å². The first-order valence-electron chi connectivity index (χ1n) is 9.04. The second-order valence-corrected chi connectivity index (χ2v) is 6.75. The quantitative estimate of drug-likeness (QED) is 0.224. The first kappa shape index (κ1) is 41.9. The van der Waals surface area contributed by atoms with Crippen LogP contribution in [0, 0.1) is 26.8 Å². The Hall–Kier alpha value is -1.32. The number of carbonyl (C=O) groups is 2. The van der Waals surface area contributed by atoms with Gasteiger partial charge in [-0.2, -0.15) is 67.6 Å². The van der Waals surface area contributed by atoms with Crippen LogP contribution in [0.1, 0.15) is 49.9 Å². The Balaban J connectivity index is -0.000000105. The van der Waals surface area contributed by atoms with E-state index in [0.717, 1.165) is 31.5 Å². The van der Waals surface area contributed by atoms with Crippen molar-refractivity contribution in [2.45, 2.75) is 53.6 Å². The van der Waals surface area contributed by atoms with Crippen LogP contribution in [0.4, 0.5) is 22.0 Å². The largest absolute Gasteiger partial charge is 1.00 e. The summed E-state index contributed by atoms with van der Waals surface area (Å²) in [5.41, 5.74) is 4.21. The van der Waals surface area contributed by atoms with Crippen molar-refractivity contribution in [2.24, 2.45) is 0 Å². The first-order chi connectivity index (χ1) is 14.5. The molecule has 33 heavy (non-hydrogen) atoms. The molecule has 0 N–H and O–H groups in total. The zero-order valence-corrected chi connectivity index (χ0v) is 23.7. The van der Waals surface area contributed by atoms with Gasteiger partial charge in [-0.05, 0) is 34.6 Å². The number of hydrogen-bond acceptors (Lipinski definition) is 2. The van der Waals surface area contributed by atoms with Crippen LogP contribution in [0.25, 0.3) is 0 Å². The summed E-state index contributed by atoms with van der Waals surface area (Å²) < 4.78 is 57.3. The molecule has 0 aromatic heterocycles. The van der Waals surface area contributed by atoms with Crippen molar-refractivity contribution < 1.29 is 82.9 Å². The van der Waals surface area contributed by atoms with Gasteiger partial charge in [-0.1, -0.05) is 23.6 Å². The van der Waals surface area contributed by atoms with Gasteiger partial charge in [0.1, 0.15) is 13.6 Å². The zero-order chi connectivity index (χ0) is 26.5. The minimum Gasteiger partial charge on any atom is -0.307 e. The summed E-state index contributed by atoms with van der Waals surface area (Å²) in [6, 6.07) is 13.3. The maximum absolute atomic E-state index is 11.8. The van der Waals surface area contributed by atoms with E-state index in [1.807, 2.05) is 33.5 Å². The minimum atomic E-state index is -4.24. The van der Waals surface area contributed by atoms with Crippen LogP contribution >= 0.6 is 0 Å². The molecule has 2 aromatic carbocycles. The number of benzene rings is 2. The standard InChI is InChI=1S/C9H11.C7H4F3.C4H8.C3H6F2.2CH2O.K/c1-7-4-5-8(2)9(3)6-7;8-7(9,10)6-4-2-1-3-5-6;1-4(2)3;1-3(2,4)5;2*1-2;/h4-6H,2H2,1,3H3;1-2,4-5H;1H2,2-3H3;1-2H3;2*1H2;/q2*-1;;;;;+1. The number of rotatable bonds is 0. The Morgan fingerprint density at radius 2 is 1.33 bits per heavy atom. The number of aryl methyl sites for hydroxylation is 2. The van der Waals surface area contributed by atoms with E-state index in [4.69, 9.17) is 9.59 Å². The number of alkyl halides is 5. The molecule has 0 aliphatic rings. The summed E-state index contributed by atoms with van der Waals surface area (Å²) in [4.78, 5) is 16.0. The molecule has 2 nitrogen and oxygen atoms in total. The number of hydrogen-bond donors (Lipinski definition) is 0. The van der Waals surface area contributed by atoms with Gasteiger partial charge < -0.3 is 9.59 Å². The molecular formula is C25H33F5KO2-. The summed E-state index contributed by atoms with van der Waals surface area (Å²) in [5, 5.41) is 0. The van der Waals surface area contributed by atoms with Crippen molar-refractivity contribution >= 4 is 13.6 Å². The molecule has 0 bridgehead atoms. The Morgan fingerprint density at radius 1 is 0.939 bits per heavy atom. The van der Waals surface area contributed by atoms with Crippen molar-refractivity contribution in [2.75, 3.05) is 0 Å². The summed E-state index contributed by atoms with van der Waals surface area (Å²) in [5.74, 6) is -2.50. The van der Waals surface area contributed by atoms with Crippen LogP contribution in [0.3, 0.4) is 0 Å². The van der Waals surface area contributed by atoms with Gasteiger partial charge in [0.2, 0.25) is 5.92 Å². The Morgan fingerprint density at radius 3 is 1.55 bits per heavy atom.